The quantitative estimate of drug-likeness (QED) is 0.483. The Hall–Kier alpha value is -3.91. The molecular weight excluding hydrogens is 519 g/mol. The number of anilines is 2. The number of amides is 4. The van der Waals surface area contributed by atoms with Crippen LogP contribution in [0.2, 0.25) is 5.02 Å². The van der Waals surface area contributed by atoms with Crippen LogP contribution in [-0.4, -0.2) is 58.3 Å². The number of imide groups is 1. The Morgan fingerprint density at radius 1 is 1.19 bits per heavy atom. The van der Waals surface area contributed by atoms with Crippen molar-refractivity contribution < 1.29 is 32.4 Å². The highest BCUT2D eigenvalue weighted by Crippen LogP contribution is 2.35. The van der Waals surface area contributed by atoms with Gasteiger partial charge in [-0.05, 0) is 25.1 Å². The van der Waals surface area contributed by atoms with E-state index in [1.165, 1.54) is 5.01 Å². The first kappa shape index (κ1) is 24.8. The van der Waals surface area contributed by atoms with Gasteiger partial charge in [-0.2, -0.15) is 18.6 Å². The standard InChI is InChI=1S/C22H19ClF3N7O4/c1-21(29-20(36)33(31-21)12-5-3-2-4-6-12)16-14-15(37-30-16)19(35)32(18(14)34)8-7-27-17-13(23)9-11(10-28-17)22(24,25)26/h2-6,9-10,14-15,31H,7-8H2,1H3,(H,27,28)(H,29,36)/t14-,15-,21+/m1/s1. The number of nitrogens with zero attached hydrogens (tertiary/aromatic N) is 4. The summed E-state index contributed by atoms with van der Waals surface area (Å²) >= 11 is 5.89. The van der Waals surface area contributed by atoms with E-state index in [-0.39, 0.29) is 29.6 Å². The molecule has 2 saturated heterocycles. The van der Waals surface area contributed by atoms with Crippen LogP contribution in [-0.2, 0) is 20.6 Å². The van der Waals surface area contributed by atoms with Crippen LogP contribution in [0.4, 0.5) is 29.5 Å². The molecule has 4 amide bonds. The maximum absolute atomic E-state index is 13.2. The van der Waals surface area contributed by atoms with Gasteiger partial charge in [0.15, 0.2) is 5.66 Å². The van der Waals surface area contributed by atoms with Gasteiger partial charge >= 0.3 is 12.2 Å². The van der Waals surface area contributed by atoms with Crippen molar-refractivity contribution in [2.24, 2.45) is 11.1 Å². The molecule has 0 saturated carbocycles. The fraction of sp³-hybridized carbons (Fsp3) is 0.318. The van der Waals surface area contributed by atoms with E-state index >= 15 is 0 Å². The highest BCUT2D eigenvalue weighted by atomic mass is 35.5. The lowest BCUT2D eigenvalue weighted by atomic mass is 9.91. The summed E-state index contributed by atoms with van der Waals surface area (Å²) in [7, 11) is 0. The van der Waals surface area contributed by atoms with E-state index in [1.807, 2.05) is 0 Å². The van der Waals surface area contributed by atoms with Crippen LogP contribution in [0.15, 0.2) is 47.8 Å². The SMILES string of the molecule is C[C@]1(C2=NO[C@H]3C(=O)N(CCNc4ncc(C(F)(F)F)cc4Cl)C(=O)[C@@H]23)NC(=O)N(c2ccccc2)N1. The first-order valence-electron chi connectivity index (χ1n) is 11.0. The number of benzene rings is 1. The van der Waals surface area contributed by atoms with Gasteiger partial charge < -0.3 is 15.5 Å². The Labute approximate surface area is 212 Å². The number of hydrogen-bond acceptors (Lipinski definition) is 8. The number of fused-ring (bicyclic) bond motifs is 1. The summed E-state index contributed by atoms with van der Waals surface area (Å²) in [5.74, 6) is -2.32. The summed E-state index contributed by atoms with van der Waals surface area (Å²) in [6.45, 7) is 1.43. The number of rotatable bonds is 6. The molecule has 4 heterocycles. The minimum absolute atomic E-state index is 0.0289. The number of carbonyl (C=O) groups excluding carboxylic acids is 3. The molecule has 0 unspecified atom stereocenters. The van der Waals surface area contributed by atoms with Gasteiger partial charge in [-0.1, -0.05) is 35.0 Å². The number of aromatic nitrogens is 1. The molecule has 194 valence electrons. The van der Waals surface area contributed by atoms with Gasteiger partial charge in [0.05, 0.1) is 16.3 Å². The van der Waals surface area contributed by atoms with Crippen LogP contribution in [0.25, 0.3) is 0 Å². The van der Waals surface area contributed by atoms with Crippen molar-refractivity contribution in [1.29, 1.82) is 0 Å². The molecule has 2 fully saturated rings. The molecule has 15 heteroatoms. The van der Waals surface area contributed by atoms with Crippen LogP contribution in [0.3, 0.4) is 0 Å². The number of likely N-dealkylation sites (tertiary alicyclic amines) is 1. The Kier molecular flexibility index (Phi) is 5.95. The van der Waals surface area contributed by atoms with E-state index < -0.39 is 47.3 Å². The van der Waals surface area contributed by atoms with E-state index in [2.05, 4.69) is 26.2 Å². The molecule has 2 aromatic rings. The lowest BCUT2D eigenvalue weighted by Gasteiger charge is -2.26. The van der Waals surface area contributed by atoms with Gasteiger partial charge in [-0.25, -0.2) is 14.8 Å². The maximum Gasteiger partial charge on any atom is 0.417 e. The molecule has 5 rings (SSSR count). The number of hydrogen-bond donors (Lipinski definition) is 3. The number of alkyl halides is 3. The summed E-state index contributed by atoms with van der Waals surface area (Å²) in [6, 6.07) is 8.97. The molecule has 1 aromatic carbocycles. The monoisotopic (exact) mass is 537 g/mol. The molecule has 11 nitrogen and oxygen atoms in total. The predicted octanol–water partition coefficient (Wildman–Crippen LogP) is 2.36. The lowest BCUT2D eigenvalue weighted by molar-refractivity contribution is -0.142. The van der Waals surface area contributed by atoms with Gasteiger partial charge in [0.1, 0.15) is 17.4 Å². The van der Waals surface area contributed by atoms with Gasteiger partial charge in [-0.15, -0.1) is 0 Å². The Bertz CT molecular complexity index is 1310. The summed E-state index contributed by atoms with van der Waals surface area (Å²) in [5.41, 5.74) is 1.36. The van der Waals surface area contributed by atoms with Crippen molar-refractivity contribution in [2.75, 3.05) is 23.4 Å². The van der Waals surface area contributed by atoms with Gasteiger partial charge in [0.25, 0.3) is 5.91 Å². The molecule has 37 heavy (non-hydrogen) atoms. The van der Waals surface area contributed by atoms with Crippen molar-refractivity contribution in [3.8, 4) is 0 Å². The van der Waals surface area contributed by atoms with E-state index in [1.54, 1.807) is 37.3 Å². The summed E-state index contributed by atoms with van der Waals surface area (Å²) in [4.78, 5) is 48.6. The normalized spacial score (nSPS) is 25.2. The smallest absolute Gasteiger partial charge is 0.381 e. The maximum atomic E-state index is 13.2. The number of hydrazine groups is 1. The van der Waals surface area contributed by atoms with Crippen molar-refractivity contribution in [3.63, 3.8) is 0 Å². The molecule has 3 aliphatic heterocycles. The third kappa shape index (κ3) is 4.31. The molecule has 0 radical (unpaired) electrons. The minimum atomic E-state index is -4.59. The molecule has 0 aliphatic carbocycles. The van der Waals surface area contributed by atoms with E-state index in [9.17, 15) is 27.6 Å². The zero-order valence-corrected chi connectivity index (χ0v) is 19.8. The zero-order valence-electron chi connectivity index (χ0n) is 19.0. The van der Waals surface area contributed by atoms with Gasteiger partial charge in [0, 0.05) is 19.3 Å². The largest absolute Gasteiger partial charge is 0.417 e. The van der Waals surface area contributed by atoms with E-state index in [0.29, 0.717) is 11.9 Å². The van der Waals surface area contributed by atoms with Crippen molar-refractivity contribution in [2.45, 2.75) is 24.9 Å². The molecule has 3 atom stereocenters. The molecular formula is C22H19ClF3N7O4. The van der Waals surface area contributed by atoms with E-state index in [0.717, 1.165) is 11.0 Å². The average Bonchev–Trinajstić information content (AvgIpc) is 3.49. The van der Waals surface area contributed by atoms with Crippen LogP contribution < -0.4 is 21.1 Å². The van der Waals surface area contributed by atoms with Crippen molar-refractivity contribution in [3.05, 3.63) is 53.2 Å². The van der Waals surface area contributed by atoms with Gasteiger partial charge in [-0.3, -0.25) is 14.5 Å². The first-order chi connectivity index (χ1) is 17.5. The number of nitrogens with one attached hydrogen (secondary N) is 3. The van der Waals surface area contributed by atoms with Crippen molar-refractivity contribution in [1.82, 2.24) is 20.6 Å². The van der Waals surface area contributed by atoms with Crippen LogP contribution in [0.5, 0.6) is 0 Å². The summed E-state index contributed by atoms with van der Waals surface area (Å²) in [5, 5.41) is 10.4. The van der Waals surface area contributed by atoms with E-state index in [4.69, 9.17) is 16.4 Å². The number of pyridine rings is 1. The number of halogens is 4. The number of oxime groups is 1. The Morgan fingerprint density at radius 2 is 1.92 bits per heavy atom. The first-order valence-corrected chi connectivity index (χ1v) is 11.4. The molecule has 3 aliphatic rings. The molecule has 3 N–H and O–H groups in total. The van der Waals surface area contributed by atoms with Crippen molar-refractivity contribution >= 4 is 46.7 Å². The number of carbonyl (C=O) groups is 3. The number of urea groups is 1. The topological polar surface area (TPSA) is 128 Å². The third-order valence-corrected chi connectivity index (χ3v) is 6.41. The Morgan fingerprint density at radius 3 is 2.59 bits per heavy atom. The fourth-order valence-corrected chi connectivity index (χ4v) is 4.56. The zero-order chi connectivity index (χ0) is 26.5. The minimum Gasteiger partial charge on any atom is -0.381 e. The molecule has 0 spiro atoms. The highest BCUT2D eigenvalue weighted by molar-refractivity contribution is 6.33. The van der Waals surface area contributed by atoms with Crippen LogP contribution >= 0.6 is 11.6 Å². The number of para-hydroxylation sites is 1. The Balaban J connectivity index is 1.26. The molecule has 1 aromatic heterocycles. The lowest BCUT2D eigenvalue weighted by Crippen LogP contribution is -2.58. The van der Waals surface area contributed by atoms with Crippen LogP contribution in [0.1, 0.15) is 12.5 Å². The second-order valence-corrected chi connectivity index (χ2v) is 9.03. The van der Waals surface area contributed by atoms with Gasteiger partial charge in [0.2, 0.25) is 12.0 Å². The highest BCUT2D eigenvalue weighted by Gasteiger charge is 2.61. The second-order valence-electron chi connectivity index (χ2n) is 8.63. The summed E-state index contributed by atoms with van der Waals surface area (Å²) in [6.07, 6.45) is -5.16. The summed E-state index contributed by atoms with van der Waals surface area (Å²) < 4.78 is 38.4. The molecule has 0 bridgehead atoms. The van der Waals surface area contributed by atoms with Crippen LogP contribution in [0, 0.1) is 5.92 Å². The third-order valence-electron chi connectivity index (χ3n) is 6.12. The fourth-order valence-electron chi connectivity index (χ4n) is 4.32. The average molecular weight is 538 g/mol. The second kappa shape index (κ2) is 8.88. The predicted molar refractivity (Wildman–Crippen MR) is 124 cm³/mol.